The highest BCUT2D eigenvalue weighted by Gasteiger charge is 2.11. The third kappa shape index (κ3) is 4.41. The molecule has 0 bridgehead atoms. The summed E-state index contributed by atoms with van der Waals surface area (Å²) in [6, 6.07) is 7.21. The molecule has 6 nitrogen and oxygen atoms in total. The fourth-order valence-corrected chi connectivity index (χ4v) is 2.02. The molecule has 0 unspecified atom stereocenters. The van der Waals surface area contributed by atoms with Crippen LogP contribution < -0.4 is 10.6 Å². The number of hydrogen-bond acceptors (Lipinski definition) is 5. The summed E-state index contributed by atoms with van der Waals surface area (Å²) in [4.78, 5) is 16.5. The molecule has 2 rings (SSSR count). The molecule has 2 heterocycles. The second-order valence-electron chi connectivity index (χ2n) is 4.81. The van der Waals surface area contributed by atoms with Gasteiger partial charge in [-0.1, -0.05) is 0 Å². The van der Waals surface area contributed by atoms with E-state index < -0.39 is 0 Å². The zero-order valence-corrected chi connectivity index (χ0v) is 12.9. The van der Waals surface area contributed by atoms with Crippen molar-refractivity contribution in [2.24, 2.45) is 0 Å². The van der Waals surface area contributed by atoms with Crippen LogP contribution in [0.1, 0.15) is 16.1 Å². The number of amides is 1. The minimum Gasteiger partial charge on any atom is -0.463 e. The van der Waals surface area contributed by atoms with Gasteiger partial charge in [0, 0.05) is 26.7 Å². The molecule has 2 aromatic rings. The summed E-state index contributed by atoms with van der Waals surface area (Å²) in [6.45, 7) is 4.50. The largest absolute Gasteiger partial charge is 0.463 e. The summed E-state index contributed by atoms with van der Waals surface area (Å²) in [7, 11) is 1.66. The van der Waals surface area contributed by atoms with Crippen molar-refractivity contribution < 1.29 is 13.9 Å². The average Bonchev–Trinajstić information content (AvgIpc) is 3.04. The van der Waals surface area contributed by atoms with Crippen LogP contribution in [-0.2, 0) is 4.74 Å². The lowest BCUT2D eigenvalue weighted by molar-refractivity contribution is 0.0952. The van der Waals surface area contributed by atoms with Gasteiger partial charge in [-0.05, 0) is 31.2 Å². The monoisotopic (exact) mass is 303 g/mol. The van der Waals surface area contributed by atoms with Crippen LogP contribution in [0.15, 0.2) is 34.9 Å². The first-order chi connectivity index (χ1) is 10.7. The molecule has 0 aliphatic rings. The van der Waals surface area contributed by atoms with Gasteiger partial charge >= 0.3 is 0 Å². The van der Waals surface area contributed by atoms with Crippen molar-refractivity contribution in [3.05, 3.63) is 41.8 Å². The number of aromatic nitrogens is 1. The average molecular weight is 303 g/mol. The molecule has 0 aliphatic carbocycles. The summed E-state index contributed by atoms with van der Waals surface area (Å²) >= 11 is 0. The first-order valence-corrected chi connectivity index (χ1v) is 7.21. The summed E-state index contributed by atoms with van der Waals surface area (Å²) in [5.41, 5.74) is 1.98. The second-order valence-corrected chi connectivity index (χ2v) is 4.81. The van der Waals surface area contributed by atoms with E-state index in [-0.39, 0.29) is 5.91 Å². The number of ether oxygens (including phenoxy) is 1. The summed E-state index contributed by atoms with van der Waals surface area (Å²) in [5, 5.41) is 6.03. The molecular weight excluding hydrogens is 282 g/mol. The third-order valence-corrected chi connectivity index (χ3v) is 3.17. The van der Waals surface area contributed by atoms with Crippen LogP contribution >= 0.6 is 0 Å². The van der Waals surface area contributed by atoms with Crippen LogP contribution in [0.3, 0.4) is 0 Å². The molecule has 0 saturated carbocycles. The molecule has 2 aromatic heterocycles. The van der Waals surface area contributed by atoms with Gasteiger partial charge < -0.3 is 19.8 Å². The number of hydrogen-bond donors (Lipinski definition) is 2. The molecule has 0 aromatic carbocycles. The minimum absolute atomic E-state index is 0.121. The Morgan fingerprint density at radius 2 is 2.14 bits per heavy atom. The highest BCUT2D eigenvalue weighted by atomic mass is 16.5. The van der Waals surface area contributed by atoms with Crippen molar-refractivity contribution >= 4 is 5.91 Å². The van der Waals surface area contributed by atoms with Gasteiger partial charge in [-0.3, -0.25) is 4.79 Å². The van der Waals surface area contributed by atoms with Gasteiger partial charge in [0.05, 0.1) is 24.1 Å². The Morgan fingerprint density at radius 1 is 1.27 bits per heavy atom. The van der Waals surface area contributed by atoms with Crippen LogP contribution in [0, 0.1) is 6.92 Å². The molecule has 1 amide bonds. The zero-order chi connectivity index (χ0) is 15.8. The van der Waals surface area contributed by atoms with Crippen molar-refractivity contribution in [3.8, 4) is 11.5 Å². The molecular formula is C16H21N3O3. The van der Waals surface area contributed by atoms with Gasteiger partial charge in [0.2, 0.25) is 0 Å². The Kier molecular flexibility index (Phi) is 6.12. The number of carbonyl (C=O) groups excluding carboxylic acids is 1. The minimum atomic E-state index is -0.121. The van der Waals surface area contributed by atoms with E-state index in [1.165, 1.54) is 0 Å². The Bertz CT molecular complexity index is 597. The zero-order valence-electron chi connectivity index (χ0n) is 12.9. The van der Waals surface area contributed by atoms with Crippen LogP contribution in [0.2, 0.25) is 0 Å². The fourth-order valence-electron chi connectivity index (χ4n) is 2.02. The van der Waals surface area contributed by atoms with Crippen LogP contribution in [-0.4, -0.2) is 44.2 Å². The van der Waals surface area contributed by atoms with Gasteiger partial charge in [-0.2, -0.15) is 0 Å². The molecule has 6 heteroatoms. The number of nitrogens with one attached hydrogen (secondary N) is 2. The van der Waals surface area contributed by atoms with Crippen LogP contribution in [0.5, 0.6) is 0 Å². The number of pyridine rings is 1. The molecule has 118 valence electrons. The smallest absolute Gasteiger partial charge is 0.253 e. The van der Waals surface area contributed by atoms with Gasteiger partial charge in [0.15, 0.2) is 5.76 Å². The van der Waals surface area contributed by atoms with E-state index in [2.05, 4.69) is 15.6 Å². The Labute approximate surface area is 129 Å². The first kappa shape index (κ1) is 16.2. The Hall–Kier alpha value is -2.18. The van der Waals surface area contributed by atoms with Gasteiger partial charge in [0.1, 0.15) is 5.69 Å². The number of methoxy groups -OCH3 is 1. The van der Waals surface area contributed by atoms with Crippen molar-refractivity contribution in [2.45, 2.75) is 6.92 Å². The van der Waals surface area contributed by atoms with Gasteiger partial charge in [-0.15, -0.1) is 0 Å². The Balaban J connectivity index is 1.88. The molecule has 0 saturated heterocycles. The lowest BCUT2D eigenvalue weighted by atomic mass is 10.1. The van der Waals surface area contributed by atoms with Crippen molar-refractivity contribution in [3.63, 3.8) is 0 Å². The molecule has 0 fully saturated rings. The highest BCUT2D eigenvalue weighted by Crippen LogP contribution is 2.19. The number of furan rings is 1. The summed E-state index contributed by atoms with van der Waals surface area (Å²) in [5.74, 6) is 0.571. The fraction of sp³-hybridized carbons (Fsp3) is 0.375. The SMILES string of the molecule is COCCNCCNC(=O)c1ccc(-c2ccco2)nc1C. The lowest BCUT2D eigenvalue weighted by Gasteiger charge is -2.09. The predicted molar refractivity (Wildman–Crippen MR) is 83.8 cm³/mol. The third-order valence-electron chi connectivity index (χ3n) is 3.17. The molecule has 0 spiro atoms. The number of rotatable bonds is 8. The maximum atomic E-state index is 12.1. The number of carbonyl (C=O) groups is 1. The lowest BCUT2D eigenvalue weighted by Crippen LogP contribution is -2.33. The van der Waals surface area contributed by atoms with Crippen LogP contribution in [0.25, 0.3) is 11.5 Å². The first-order valence-electron chi connectivity index (χ1n) is 7.21. The number of nitrogens with zero attached hydrogens (tertiary/aromatic N) is 1. The second kappa shape index (κ2) is 8.31. The summed E-state index contributed by atoms with van der Waals surface area (Å²) < 4.78 is 10.2. The van der Waals surface area contributed by atoms with Crippen molar-refractivity contribution in [1.29, 1.82) is 0 Å². The highest BCUT2D eigenvalue weighted by molar-refractivity contribution is 5.95. The van der Waals surface area contributed by atoms with E-state index in [9.17, 15) is 4.79 Å². The number of aryl methyl sites for hydroxylation is 1. The topological polar surface area (TPSA) is 76.4 Å². The Morgan fingerprint density at radius 3 is 2.82 bits per heavy atom. The summed E-state index contributed by atoms with van der Waals surface area (Å²) in [6.07, 6.45) is 1.60. The molecule has 0 atom stereocenters. The van der Waals surface area contributed by atoms with E-state index in [1.54, 1.807) is 25.5 Å². The van der Waals surface area contributed by atoms with E-state index in [0.29, 0.717) is 36.7 Å². The maximum absolute atomic E-state index is 12.1. The van der Waals surface area contributed by atoms with Gasteiger partial charge in [0.25, 0.3) is 5.91 Å². The standard InChI is InChI=1S/C16H21N3O3/c1-12-13(16(20)18-8-7-17-9-11-21-2)5-6-14(19-12)15-4-3-10-22-15/h3-6,10,17H,7-9,11H2,1-2H3,(H,18,20). The van der Waals surface area contributed by atoms with Gasteiger partial charge in [-0.25, -0.2) is 4.98 Å². The molecule has 0 radical (unpaired) electrons. The van der Waals surface area contributed by atoms with E-state index >= 15 is 0 Å². The van der Waals surface area contributed by atoms with Crippen LogP contribution in [0.4, 0.5) is 0 Å². The van der Waals surface area contributed by atoms with Crippen molar-refractivity contribution in [1.82, 2.24) is 15.6 Å². The molecule has 0 aliphatic heterocycles. The van der Waals surface area contributed by atoms with Crippen molar-refractivity contribution in [2.75, 3.05) is 33.4 Å². The quantitative estimate of drug-likeness (QED) is 0.725. The van der Waals surface area contributed by atoms with E-state index in [1.807, 2.05) is 19.1 Å². The van der Waals surface area contributed by atoms with E-state index in [4.69, 9.17) is 9.15 Å². The molecule has 22 heavy (non-hydrogen) atoms. The predicted octanol–water partition coefficient (Wildman–Crippen LogP) is 1.62. The molecule has 2 N–H and O–H groups in total. The van der Waals surface area contributed by atoms with E-state index in [0.717, 1.165) is 12.2 Å². The normalized spacial score (nSPS) is 10.6. The maximum Gasteiger partial charge on any atom is 0.253 e.